The summed E-state index contributed by atoms with van der Waals surface area (Å²) in [5.74, 6) is -2.04. The summed E-state index contributed by atoms with van der Waals surface area (Å²) in [4.78, 5) is 37.5. The summed E-state index contributed by atoms with van der Waals surface area (Å²) in [5.41, 5.74) is 0. The highest BCUT2D eigenvalue weighted by Gasteiger charge is 2.25. The van der Waals surface area contributed by atoms with Gasteiger partial charge in [-0.05, 0) is 122 Å². The van der Waals surface area contributed by atoms with E-state index < -0.39 is 24.3 Å². The van der Waals surface area contributed by atoms with E-state index in [0.29, 0.717) is 17.4 Å². The van der Waals surface area contributed by atoms with E-state index in [0.717, 1.165) is 128 Å². The number of carboxylic acids is 1. The summed E-state index contributed by atoms with van der Waals surface area (Å²) < 4.78 is 22.9. The molecule has 0 aromatic rings. The van der Waals surface area contributed by atoms with Gasteiger partial charge in [0.25, 0.3) is 6.29 Å². The normalized spacial score (nSPS) is 13.7. The molecule has 0 spiro atoms. The van der Waals surface area contributed by atoms with Gasteiger partial charge in [0.2, 0.25) is 0 Å². The molecule has 0 bridgehead atoms. The van der Waals surface area contributed by atoms with Gasteiger partial charge in [-0.2, -0.15) is 0 Å². The van der Waals surface area contributed by atoms with Gasteiger partial charge in [-0.15, -0.1) is 0 Å². The van der Waals surface area contributed by atoms with Crippen molar-refractivity contribution in [3.05, 3.63) is 146 Å². The number of unbranched alkanes of at least 4 members (excludes halogenated alkanes) is 20. The van der Waals surface area contributed by atoms with E-state index in [-0.39, 0.29) is 38.6 Å². The number of carboxylic acid groups (broad SMARTS) is 1. The summed E-state index contributed by atoms with van der Waals surface area (Å²) in [6, 6.07) is 0. The topological polar surface area (TPSA) is 108 Å². The van der Waals surface area contributed by atoms with Gasteiger partial charge in [-0.3, -0.25) is 9.59 Å². The monoisotopic (exact) mass is 1150 g/mol. The number of allylic oxidation sites excluding steroid dienone is 24. The summed E-state index contributed by atoms with van der Waals surface area (Å²) in [6.07, 6.45) is 89.4. The highest BCUT2D eigenvalue weighted by Crippen LogP contribution is 2.15. The number of hydrogen-bond donors (Lipinski definition) is 1. The minimum atomic E-state index is -1.52. The van der Waals surface area contributed by atoms with Crippen LogP contribution in [0, 0.1) is 0 Å². The lowest BCUT2D eigenvalue weighted by molar-refractivity contribution is -0.870. The molecule has 9 heteroatoms. The average Bonchev–Trinajstić information content (AvgIpc) is 3.46. The zero-order valence-corrected chi connectivity index (χ0v) is 53.5. The minimum Gasteiger partial charge on any atom is -0.477 e. The molecular formula is C74H122NO8+. The van der Waals surface area contributed by atoms with Crippen molar-refractivity contribution in [2.45, 2.75) is 257 Å². The second kappa shape index (κ2) is 63.2. The fourth-order valence-corrected chi connectivity index (χ4v) is 8.54. The molecular weight excluding hydrogens is 1030 g/mol. The van der Waals surface area contributed by atoms with Crippen molar-refractivity contribution < 1.29 is 42.9 Å². The Bertz CT molecular complexity index is 1870. The first-order chi connectivity index (χ1) is 40.6. The van der Waals surface area contributed by atoms with Crippen LogP contribution in [0.25, 0.3) is 0 Å². The number of esters is 2. The number of rotatable bonds is 59. The van der Waals surface area contributed by atoms with Crippen LogP contribution in [-0.2, 0) is 33.3 Å². The van der Waals surface area contributed by atoms with Gasteiger partial charge in [-0.1, -0.05) is 256 Å². The maximum atomic E-state index is 12.9. The van der Waals surface area contributed by atoms with Crippen molar-refractivity contribution in [2.75, 3.05) is 47.5 Å². The van der Waals surface area contributed by atoms with Gasteiger partial charge in [0.15, 0.2) is 6.10 Å². The fraction of sp³-hybridized carbons (Fsp3) is 0.635. The van der Waals surface area contributed by atoms with E-state index >= 15 is 0 Å². The lowest BCUT2D eigenvalue weighted by Gasteiger charge is -2.25. The smallest absolute Gasteiger partial charge is 0.361 e. The molecule has 2 atom stereocenters. The summed E-state index contributed by atoms with van der Waals surface area (Å²) in [7, 11) is 5.96. The van der Waals surface area contributed by atoms with Crippen LogP contribution in [0.1, 0.15) is 245 Å². The second-order valence-electron chi connectivity index (χ2n) is 22.7. The number of aliphatic carboxylic acids is 1. The molecule has 83 heavy (non-hydrogen) atoms. The molecule has 0 radical (unpaired) electrons. The molecule has 0 aliphatic carbocycles. The molecule has 470 valence electrons. The Hall–Kier alpha value is -4.83. The van der Waals surface area contributed by atoms with Crippen LogP contribution >= 0.6 is 0 Å². The van der Waals surface area contributed by atoms with E-state index in [4.69, 9.17) is 18.9 Å². The molecule has 2 unspecified atom stereocenters. The van der Waals surface area contributed by atoms with E-state index in [1.54, 1.807) is 0 Å². The van der Waals surface area contributed by atoms with Crippen molar-refractivity contribution in [3.8, 4) is 0 Å². The number of carbonyl (C=O) groups excluding carboxylic acids is 2. The highest BCUT2D eigenvalue weighted by molar-refractivity contribution is 5.71. The molecule has 0 saturated heterocycles. The van der Waals surface area contributed by atoms with E-state index in [2.05, 4.69) is 160 Å². The molecule has 0 aliphatic rings. The Balaban J connectivity index is 4.19. The zero-order valence-electron chi connectivity index (χ0n) is 53.5. The van der Waals surface area contributed by atoms with Crippen molar-refractivity contribution in [1.29, 1.82) is 0 Å². The predicted molar refractivity (Wildman–Crippen MR) is 354 cm³/mol. The number of nitrogens with zero attached hydrogens (tertiary/aromatic N) is 1. The molecule has 0 rings (SSSR count). The van der Waals surface area contributed by atoms with Crippen LogP contribution in [0.4, 0.5) is 0 Å². The second-order valence-corrected chi connectivity index (χ2v) is 22.7. The van der Waals surface area contributed by atoms with Crippen LogP contribution in [0.5, 0.6) is 0 Å². The first-order valence-electron chi connectivity index (χ1n) is 33.0. The molecule has 0 fully saturated rings. The van der Waals surface area contributed by atoms with Gasteiger partial charge in [0, 0.05) is 12.8 Å². The Morgan fingerprint density at radius 2 is 0.687 bits per heavy atom. The number of carbonyl (C=O) groups is 3. The largest absolute Gasteiger partial charge is 0.477 e. The number of quaternary nitrogens is 1. The summed E-state index contributed by atoms with van der Waals surface area (Å²) in [6.45, 7) is 4.73. The van der Waals surface area contributed by atoms with Crippen molar-refractivity contribution in [3.63, 3.8) is 0 Å². The third kappa shape index (κ3) is 64.6. The first kappa shape index (κ1) is 78.2. The maximum Gasteiger partial charge on any atom is 0.361 e. The molecule has 0 aromatic heterocycles. The first-order valence-corrected chi connectivity index (χ1v) is 33.0. The molecule has 1 N–H and O–H groups in total. The van der Waals surface area contributed by atoms with Crippen LogP contribution in [0.3, 0.4) is 0 Å². The summed E-state index contributed by atoms with van der Waals surface area (Å²) in [5, 5.41) is 9.72. The van der Waals surface area contributed by atoms with Gasteiger partial charge >= 0.3 is 17.9 Å². The molecule has 0 aromatic carbocycles. The van der Waals surface area contributed by atoms with Gasteiger partial charge < -0.3 is 28.5 Å². The Morgan fingerprint density at radius 3 is 1.04 bits per heavy atom. The van der Waals surface area contributed by atoms with E-state index in [9.17, 15) is 19.5 Å². The lowest BCUT2D eigenvalue weighted by atomic mass is 10.1. The molecule has 9 nitrogen and oxygen atoms in total. The minimum absolute atomic E-state index is 0.178. The maximum absolute atomic E-state index is 12.9. The highest BCUT2D eigenvalue weighted by atomic mass is 16.7. The quantitative estimate of drug-likeness (QED) is 0.0211. The van der Waals surface area contributed by atoms with Crippen molar-refractivity contribution in [2.24, 2.45) is 0 Å². The SMILES string of the molecule is CC/C=C\C/C=C\C/C=C\C/C=C\C/C=C\C/C=C\C/C=C\C/C=C\C/C=C\C/C=C\C/C=C\CCCCCCCCCC(=O)OC(COC(=O)CCCCCCCCC/C=C\CCCCCCCC)COC(OCC[N+](C)(C)C)C(=O)O. The third-order valence-corrected chi connectivity index (χ3v) is 13.6. The molecule has 0 amide bonds. The number of hydrogen-bond acceptors (Lipinski definition) is 7. The number of likely N-dealkylation sites (N-methyl/N-ethyl adjacent to an activating group) is 1. The Kier molecular flexibility index (Phi) is 59.5. The standard InChI is InChI=1S/C74H121NO8/c1-6-8-10-12-14-16-18-20-22-24-25-26-27-28-29-30-31-32-33-34-35-36-37-38-39-40-41-42-43-44-45-46-47-49-51-53-55-57-59-61-63-65-72(77)83-70(69-82-74(73(78)79)80-67-66-75(3,4)5)68-81-71(76)64-62-60-58-56-54-52-50-48-23-21-19-17-15-13-11-9-7-2/h8,10,14,16,20-23,25-26,28-29,31-32,34-35,37-38,40-41,43-44,46-47,70,74H,6-7,9,11-13,15,17-19,24,27,30,33,36,39,42,45,48-69H2,1-5H3/p+1/b10-8-,16-14-,22-20-,23-21-,26-25-,29-28-,32-31-,35-34-,38-37-,41-40-,44-43-,47-46-. The van der Waals surface area contributed by atoms with Crippen LogP contribution < -0.4 is 0 Å². The molecule has 0 aliphatic heterocycles. The zero-order chi connectivity index (χ0) is 60.5. The summed E-state index contributed by atoms with van der Waals surface area (Å²) >= 11 is 0. The molecule has 0 saturated carbocycles. The Morgan fingerprint density at radius 1 is 0.373 bits per heavy atom. The number of ether oxygens (including phenoxy) is 4. The molecule has 0 heterocycles. The lowest BCUT2D eigenvalue weighted by Crippen LogP contribution is -2.40. The predicted octanol–water partition coefficient (Wildman–Crippen LogP) is 20.3. The van der Waals surface area contributed by atoms with Crippen LogP contribution in [-0.4, -0.2) is 87.4 Å². The van der Waals surface area contributed by atoms with Gasteiger partial charge in [-0.25, -0.2) is 4.79 Å². The van der Waals surface area contributed by atoms with Crippen LogP contribution in [0.2, 0.25) is 0 Å². The van der Waals surface area contributed by atoms with E-state index in [1.165, 1.54) is 83.5 Å². The average molecular weight is 1150 g/mol. The van der Waals surface area contributed by atoms with Crippen molar-refractivity contribution in [1.82, 2.24) is 0 Å². The van der Waals surface area contributed by atoms with Gasteiger partial charge in [0.05, 0.1) is 34.4 Å². The third-order valence-electron chi connectivity index (χ3n) is 13.6. The van der Waals surface area contributed by atoms with E-state index in [1.807, 2.05) is 21.1 Å². The van der Waals surface area contributed by atoms with Crippen LogP contribution in [0.15, 0.2) is 146 Å². The van der Waals surface area contributed by atoms with Crippen molar-refractivity contribution >= 4 is 17.9 Å². The van der Waals surface area contributed by atoms with Gasteiger partial charge in [0.1, 0.15) is 13.2 Å². The Labute approximate surface area is 509 Å². The fourth-order valence-electron chi connectivity index (χ4n) is 8.54.